The monoisotopic (exact) mass is 477 g/mol. The smallest absolute Gasteiger partial charge is 0.233 e. The van der Waals surface area contributed by atoms with E-state index >= 15 is 0 Å². The molecule has 3 heterocycles. The number of halogens is 1. The van der Waals surface area contributed by atoms with Crippen molar-refractivity contribution in [3.05, 3.63) is 78.3 Å². The third-order valence-electron chi connectivity index (χ3n) is 5.88. The molecule has 1 aliphatic heterocycles. The van der Waals surface area contributed by atoms with Crippen LogP contribution in [0, 0.1) is 12.7 Å². The van der Waals surface area contributed by atoms with Crippen LogP contribution in [0.4, 0.5) is 10.1 Å². The molecule has 0 aliphatic carbocycles. The zero-order valence-electron chi connectivity index (χ0n) is 18.7. The molecule has 174 valence electrons. The van der Waals surface area contributed by atoms with E-state index in [1.54, 1.807) is 18.4 Å². The Bertz CT molecular complexity index is 1280. The van der Waals surface area contributed by atoms with E-state index in [1.165, 1.54) is 17.8 Å². The number of hydrogen-bond acceptors (Lipinski definition) is 6. The summed E-state index contributed by atoms with van der Waals surface area (Å²) in [5.74, 6) is 1.23. The normalized spacial score (nSPS) is 13.9. The molecule has 0 unspecified atom stereocenters. The second-order valence-electron chi connectivity index (χ2n) is 8.01. The topological polar surface area (TPSA) is 67.4 Å². The molecule has 0 radical (unpaired) electrons. The zero-order valence-corrected chi connectivity index (χ0v) is 19.5. The van der Waals surface area contributed by atoms with Crippen molar-refractivity contribution in [2.75, 3.05) is 36.8 Å². The van der Waals surface area contributed by atoms with E-state index in [-0.39, 0.29) is 17.5 Å². The summed E-state index contributed by atoms with van der Waals surface area (Å²) in [5, 5.41) is 9.34. The Morgan fingerprint density at radius 1 is 0.971 bits per heavy atom. The van der Waals surface area contributed by atoms with Gasteiger partial charge in [-0.25, -0.2) is 4.39 Å². The first-order valence-corrected chi connectivity index (χ1v) is 12.1. The average molecular weight is 478 g/mol. The highest BCUT2D eigenvalue weighted by molar-refractivity contribution is 7.99. The number of benzene rings is 2. The van der Waals surface area contributed by atoms with Gasteiger partial charge in [0.25, 0.3) is 0 Å². The van der Waals surface area contributed by atoms with Crippen LogP contribution in [-0.2, 0) is 4.79 Å². The molecule has 0 N–H and O–H groups in total. The van der Waals surface area contributed by atoms with Crippen molar-refractivity contribution in [1.29, 1.82) is 0 Å². The Morgan fingerprint density at radius 3 is 2.41 bits per heavy atom. The van der Waals surface area contributed by atoms with Crippen molar-refractivity contribution in [3.63, 3.8) is 0 Å². The number of nitrogens with zero attached hydrogens (tertiary/aromatic N) is 5. The lowest BCUT2D eigenvalue weighted by Gasteiger charge is -2.36. The third kappa shape index (κ3) is 4.43. The Morgan fingerprint density at radius 2 is 1.71 bits per heavy atom. The third-order valence-corrected chi connectivity index (χ3v) is 6.80. The van der Waals surface area contributed by atoms with E-state index in [0.29, 0.717) is 48.6 Å². The van der Waals surface area contributed by atoms with Gasteiger partial charge in [-0.05, 0) is 42.8 Å². The minimum atomic E-state index is -0.235. The van der Waals surface area contributed by atoms with Crippen LogP contribution in [0.2, 0.25) is 0 Å². The van der Waals surface area contributed by atoms with E-state index in [2.05, 4.69) is 10.2 Å². The van der Waals surface area contributed by atoms with Crippen molar-refractivity contribution in [1.82, 2.24) is 19.7 Å². The average Bonchev–Trinajstić information content (AvgIpc) is 3.53. The summed E-state index contributed by atoms with van der Waals surface area (Å²) in [6.07, 6.45) is 1.60. The summed E-state index contributed by atoms with van der Waals surface area (Å²) in [6.45, 7) is 4.32. The molecule has 0 atom stereocenters. The minimum Gasteiger partial charge on any atom is -0.461 e. The lowest BCUT2D eigenvalue weighted by Crippen LogP contribution is -2.49. The summed E-state index contributed by atoms with van der Waals surface area (Å²) in [6, 6.07) is 18.4. The number of hydrogen-bond donors (Lipinski definition) is 0. The first kappa shape index (κ1) is 22.2. The minimum absolute atomic E-state index is 0.0251. The Balaban J connectivity index is 1.29. The molecule has 0 bridgehead atoms. The summed E-state index contributed by atoms with van der Waals surface area (Å²) in [4.78, 5) is 16.8. The van der Waals surface area contributed by atoms with Crippen LogP contribution in [0.1, 0.15) is 5.56 Å². The molecule has 7 nitrogen and oxygen atoms in total. The van der Waals surface area contributed by atoms with Crippen molar-refractivity contribution in [2.24, 2.45) is 0 Å². The molecule has 0 spiro atoms. The van der Waals surface area contributed by atoms with Gasteiger partial charge in [0, 0.05) is 26.2 Å². The molecule has 0 saturated carbocycles. The van der Waals surface area contributed by atoms with E-state index in [4.69, 9.17) is 4.42 Å². The van der Waals surface area contributed by atoms with Crippen molar-refractivity contribution in [2.45, 2.75) is 12.1 Å². The van der Waals surface area contributed by atoms with Crippen molar-refractivity contribution in [3.8, 4) is 17.3 Å². The van der Waals surface area contributed by atoms with Gasteiger partial charge >= 0.3 is 0 Å². The van der Waals surface area contributed by atoms with E-state index in [1.807, 2.05) is 63.8 Å². The SMILES string of the molecule is Cc1ccccc1-n1c(SCC(=O)N2CCN(c3ccccc3F)CC2)nnc1-c1ccco1. The van der Waals surface area contributed by atoms with E-state index in [9.17, 15) is 9.18 Å². The Hall–Kier alpha value is -3.59. The number of para-hydroxylation sites is 2. The van der Waals surface area contributed by atoms with Crippen LogP contribution < -0.4 is 4.90 Å². The maximum absolute atomic E-state index is 14.1. The number of rotatable bonds is 6. The van der Waals surface area contributed by atoms with Crippen LogP contribution in [0.5, 0.6) is 0 Å². The molecular formula is C25H24FN5O2S. The first-order chi connectivity index (χ1) is 16.6. The predicted molar refractivity (Wildman–Crippen MR) is 130 cm³/mol. The number of thioether (sulfide) groups is 1. The summed E-state index contributed by atoms with van der Waals surface area (Å²) in [5.41, 5.74) is 2.58. The lowest BCUT2D eigenvalue weighted by molar-refractivity contribution is -0.128. The highest BCUT2D eigenvalue weighted by Crippen LogP contribution is 2.30. The van der Waals surface area contributed by atoms with Crippen LogP contribution in [0.15, 0.2) is 76.5 Å². The molecule has 1 aliphatic rings. The molecule has 1 fully saturated rings. The lowest BCUT2D eigenvalue weighted by atomic mass is 10.2. The molecular weight excluding hydrogens is 453 g/mol. The maximum Gasteiger partial charge on any atom is 0.233 e. The van der Waals surface area contributed by atoms with Gasteiger partial charge in [0.2, 0.25) is 11.7 Å². The highest BCUT2D eigenvalue weighted by Gasteiger charge is 2.24. The number of aryl methyl sites for hydroxylation is 1. The fourth-order valence-corrected chi connectivity index (χ4v) is 4.93. The Kier molecular flexibility index (Phi) is 6.35. The van der Waals surface area contributed by atoms with Gasteiger partial charge in [0.15, 0.2) is 10.9 Å². The summed E-state index contributed by atoms with van der Waals surface area (Å²) >= 11 is 1.35. The van der Waals surface area contributed by atoms with Crippen LogP contribution in [-0.4, -0.2) is 57.5 Å². The van der Waals surface area contributed by atoms with Gasteiger partial charge in [-0.15, -0.1) is 10.2 Å². The van der Waals surface area contributed by atoms with Crippen LogP contribution >= 0.6 is 11.8 Å². The number of furan rings is 1. The number of carbonyl (C=O) groups is 1. The fourth-order valence-electron chi connectivity index (χ4n) is 4.08. The van der Waals surface area contributed by atoms with Gasteiger partial charge in [-0.2, -0.15) is 0 Å². The predicted octanol–water partition coefficient (Wildman–Crippen LogP) is 4.42. The zero-order chi connectivity index (χ0) is 23.5. The number of amides is 1. The molecule has 1 saturated heterocycles. The highest BCUT2D eigenvalue weighted by atomic mass is 32.2. The van der Waals surface area contributed by atoms with E-state index < -0.39 is 0 Å². The number of carbonyl (C=O) groups excluding carboxylic acids is 1. The molecule has 34 heavy (non-hydrogen) atoms. The molecule has 5 rings (SSSR count). The summed E-state index contributed by atoms with van der Waals surface area (Å²) < 4.78 is 21.6. The van der Waals surface area contributed by atoms with Crippen molar-refractivity contribution < 1.29 is 13.6 Å². The largest absolute Gasteiger partial charge is 0.461 e. The molecule has 4 aromatic rings. The number of anilines is 1. The standard InChI is InChI=1S/C25H24FN5O2S/c1-18-7-2-4-9-20(18)31-24(22-11-6-16-33-22)27-28-25(31)34-17-23(32)30-14-12-29(13-15-30)21-10-5-3-8-19(21)26/h2-11,16H,12-15,17H2,1H3. The maximum atomic E-state index is 14.1. The van der Waals surface area contributed by atoms with Crippen LogP contribution in [0.3, 0.4) is 0 Å². The van der Waals surface area contributed by atoms with Gasteiger partial charge in [0.05, 0.1) is 23.4 Å². The first-order valence-electron chi connectivity index (χ1n) is 11.1. The van der Waals surface area contributed by atoms with Gasteiger partial charge < -0.3 is 14.2 Å². The van der Waals surface area contributed by atoms with Gasteiger partial charge in [0.1, 0.15) is 5.82 Å². The van der Waals surface area contributed by atoms with E-state index in [0.717, 1.165) is 11.3 Å². The van der Waals surface area contributed by atoms with Crippen LogP contribution in [0.25, 0.3) is 17.3 Å². The quantitative estimate of drug-likeness (QED) is 0.383. The number of aromatic nitrogens is 3. The van der Waals surface area contributed by atoms with Crippen molar-refractivity contribution >= 4 is 23.4 Å². The molecule has 1 amide bonds. The molecule has 2 aromatic carbocycles. The second-order valence-corrected chi connectivity index (χ2v) is 8.96. The molecule has 9 heteroatoms. The molecule has 2 aromatic heterocycles. The second kappa shape index (κ2) is 9.72. The fraction of sp³-hybridized carbons (Fsp3) is 0.240. The number of piperazine rings is 1. The van der Waals surface area contributed by atoms with Gasteiger partial charge in [-0.3, -0.25) is 9.36 Å². The van der Waals surface area contributed by atoms with Gasteiger partial charge in [-0.1, -0.05) is 42.1 Å². The Labute approximate surface area is 201 Å². The summed E-state index contributed by atoms with van der Waals surface area (Å²) in [7, 11) is 0.